The summed E-state index contributed by atoms with van der Waals surface area (Å²) in [4.78, 5) is 23.7. The SMILES string of the molecule is COC(C)C(=O)N[C@H]1CO[C@H]2[C@@H]1OC[C@@H]2NC(=O)[C@@H](C)OC. The van der Waals surface area contributed by atoms with E-state index in [1.54, 1.807) is 13.8 Å². The average Bonchev–Trinajstić information content (AvgIpc) is 3.09. The Hall–Kier alpha value is -1.22. The molecule has 2 saturated heterocycles. The molecule has 0 spiro atoms. The standard InChI is InChI=1S/C14H24N2O6/c1-7(19-3)13(17)15-9-5-21-12-10(6-22-11(9)12)16-14(18)8(2)20-4/h7-12H,5-6H2,1-4H3,(H,15,17)(H,16,18)/t7-,8?,9+,10+,11-,12-/m1/s1. The lowest BCUT2D eigenvalue weighted by Crippen LogP contribution is -2.49. The second-order valence-corrected chi connectivity index (χ2v) is 5.58. The molecule has 6 atom stereocenters. The first-order chi connectivity index (χ1) is 10.5. The minimum atomic E-state index is -0.529. The highest BCUT2D eigenvalue weighted by Gasteiger charge is 2.49. The van der Waals surface area contributed by atoms with Crippen LogP contribution in [0.3, 0.4) is 0 Å². The number of hydrogen-bond acceptors (Lipinski definition) is 6. The summed E-state index contributed by atoms with van der Waals surface area (Å²) < 4.78 is 21.4. The van der Waals surface area contributed by atoms with Crippen LogP contribution in [0, 0.1) is 0 Å². The minimum Gasteiger partial charge on any atom is -0.372 e. The lowest BCUT2D eigenvalue weighted by molar-refractivity contribution is -0.131. The van der Waals surface area contributed by atoms with E-state index >= 15 is 0 Å². The summed E-state index contributed by atoms with van der Waals surface area (Å²) in [6.07, 6.45) is -1.59. The van der Waals surface area contributed by atoms with Gasteiger partial charge in [-0.15, -0.1) is 0 Å². The van der Waals surface area contributed by atoms with Gasteiger partial charge in [0.05, 0.1) is 25.3 Å². The maximum absolute atomic E-state index is 11.9. The van der Waals surface area contributed by atoms with Crippen molar-refractivity contribution >= 4 is 11.8 Å². The highest BCUT2D eigenvalue weighted by atomic mass is 16.6. The number of carbonyl (C=O) groups is 2. The molecule has 2 N–H and O–H groups in total. The van der Waals surface area contributed by atoms with E-state index in [1.807, 2.05) is 0 Å². The Morgan fingerprint density at radius 2 is 1.27 bits per heavy atom. The average molecular weight is 316 g/mol. The fraction of sp³-hybridized carbons (Fsp3) is 0.857. The Balaban J connectivity index is 1.89. The van der Waals surface area contributed by atoms with Crippen molar-refractivity contribution in [2.24, 2.45) is 0 Å². The van der Waals surface area contributed by atoms with Crippen molar-refractivity contribution < 1.29 is 28.5 Å². The fourth-order valence-electron chi connectivity index (χ4n) is 2.56. The summed E-state index contributed by atoms with van der Waals surface area (Å²) in [5.41, 5.74) is 0. The van der Waals surface area contributed by atoms with Gasteiger partial charge >= 0.3 is 0 Å². The molecule has 8 nitrogen and oxygen atoms in total. The number of ether oxygens (including phenoxy) is 4. The molecule has 2 amide bonds. The number of methoxy groups -OCH3 is 2. The third-order valence-corrected chi connectivity index (χ3v) is 4.15. The van der Waals surface area contributed by atoms with Gasteiger partial charge in [-0.2, -0.15) is 0 Å². The Morgan fingerprint density at radius 1 is 0.909 bits per heavy atom. The van der Waals surface area contributed by atoms with Crippen LogP contribution in [0.1, 0.15) is 13.8 Å². The van der Waals surface area contributed by atoms with E-state index in [4.69, 9.17) is 18.9 Å². The van der Waals surface area contributed by atoms with Crippen molar-refractivity contribution in [1.29, 1.82) is 0 Å². The summed E-state index contributed by atoms with van der Waals surface area (Å²) in [6.45, 7) is 4.05. The van der Waals surface area contributed by atoms with Crippen LogP contribution < -0.4 is 10.6 Å². The summed E-state index contributed by atoms with van der Waals surface area (Å²) in [5.74, 6) is -0.415. The van der Waals surface area contributed by atoms with Gasteiger partial charge in [0.2, 0.25) is 11.8 Å². The Bertz CT molecular complexity index is 380. The third kappa shape index (κ3) is 3.57. The van der Waals surface area contributed by atoms with Crippen LogP contribution in [0.15, 0.2) is 0 Å². The number of nitrogens with one attached hydrogen (secondary N) is 2. The van der Waals surface area contributed by atoms with Gasteiger partial charge in [0.15, 0.2) is 0 Å². The zero-order chi connectivity index (χ0) is 16.3. The molecule has 2 aliphatic rings. The van der Waals surface area contributed by atoms with Crippen LogP contribution >= 0.6 is 0 Å². The van der Waals surface area contributed by atoms with E-state index in [9.17, 15) is 9.59 Å². The van der Waals surface area contributed by atoms with E-state index in [0.29, 0.717) is 13.2 Å². The molecule has 0 aliphatic carbocycles. The molecule has 126 valence electrons. The van der Waals surface area contributed by atoms with Gasteiger partial charge < -0.3 is 29.6 Å². The molecule has 8 heteroatoms. The van der Waals surface area contributed by atoms with Gasteiger partial charge in [0.25, 0.3) is 0 Å². The van der Waals surface area contributed by atoms with E-state index in [2.05, 4.69) is 10.6 Å². The van der Waals surface area contributed by atoms with Gasteiger partial charge in [0.1, 0.15) is 24.4 Å². The van der Waals surface area contributed by atoms with Crippen molar-refractivity contribution in [3.8, 4) is 0 Å². The van der Waals surface area contributed by atoms with Gasteiger partial charge in [0, 0.05) is 14.2 Å². The van der Waals surface area contributed by atoms with Crippen LogP contribution in [0.5, 0.6) is 0 Å². The van der Waals surface area contributed by atoms with Gasteiger partial charge in [-0.25, -0.2) is 0 Å². The van der Waals surface area contributed by atoms with Crippen molar-refractivity contribution in [2.75, 3.05) is 27.4 Å². The molecule has 0 aromatic rings. The van der Waals surface area contributed by atoms with Crippen molar-refractivity contribution in [1.82, 2.24) is 10.6 Å². The molecule has 0 saturated carbocycles. The van der Waals surface area contributed by atoms with E-state index in [0.717, 1.165) is 0 Å². The summed E-state index contributed by atoms with van der Waals surface area (Å²) in [6, 6.07) is -0.478. The molecule has 0 aromatic carbocycles. The van der Waals surface area contributed by atoms with Gasteiger partial charge in [-0.3, -0.25) is 9.59 Å². The third-order valence-electron chi connectivity index (χ3n) is 4.15. The number of carbonyl (C=O) groups excluding carboxylic acids is 2. The van der Waals surface area contributed by atoms with E-state index < -0.39 is 12.2 Å². The second kappa shape index (κ2) is 7.36. The zero-order valence-corrected chi connectivity index (χ0v) is 13.3. The largest absolute Gasteiger partial charge is 0.372 e. The minimum absolute atomic E-state index is 0.208. The van der Waals surface area contributed by atoms with Crippen LogP contribution in [-0.4, -0.2) is 75.7 Å². The van der Waals surface area contributed by atoms with Crippen molar-refractivity contribution in [2.45, 2.75) is 50.3 Å². The molecule has 2 aliphatic heterocycles. The van der Waals surface area contributed by atoms with Crippen molar-refractivity contribution in [3.05, 3.63) is 0 Å². The van der Waals surface area contributed by atoms with Crippen molar-refractivity contribution in [3.63, 3.8) is 0 Å². The van der Waals surface area contributed by atoms with E-state index in [1.165, 1.54) is 14.2 Å². The highest BCUT2D eigenvalue weighted by molar-refractivity contribution is 5.81. The predicted octanol–water partition coefficient (Wildman–Crippen LogP) is -1.18. The summed E-state index contributed by atoms with van der Waals surface area (Å²) >= 11 is 0. The number of rotatable bonds is 6. The lowest BCUT2D eigenvalue weighted by Gasteiger charge is -2.20. The quantitative estimate of drug-likeness (QED) is 0.641. The van der Waals surface area contributed by atoms with Crippen LogP contribution in [0.25, 0.3) is 0 Å². The monoisotopic (exact) mass is 316 g/mol. The molecule has 0 aromatic heterocycles. The second-order valence-electron chi connectivity index (χ2n) is 5.58. The molecule has 0 bridgehead atoms. The Morgan fingerprint density at radius 3 is 1.59 bits per heavy atom. The molecule has 2 fully saturated rings. The van der Waals surface area contributed by atoms with Gasteiger partial charge in [-0.05, 0) is 13.8 Å². The number of fused-ring (bicyclic) bond motifs is 1. The normalized spacial score (nSPS) is 33.1. The van der Waals surface area contributed by atoms with Crippen LogP contribution in [-0.2, 0) is 28.5 Å². The number of hydrogen-bond donors (Lipinski definition) is 2. The first kappa shape index (κ1) is 17.1. The number of amides is 2. The molecular formula is C14H24N2O6. The highest BCUT2D eigenvalue weighted by Crippen LogP contribution is 2.27. The Kier molecular flexibility index (Phi) is 5.74. The lowest BCUT2D eigenvalue weighted by atomic mass is 10.1. The maximum atomic E-state index is 11.9. The molecule has 2 heterocycles. The van der Waals surface area contributed by atoms with Crippen LogP contribution in [0.2, 0.25) is 0 Å². The smallest absolute Gasteiger partial charge is 0.249 e. The topological polar surface area (TPSA) is 95.1 Å². The Labute approximate surface area is 129 Å². The molecule has 2 rings (SSSR count). The first-order valence-corrected chi connectivity index (χ1v) is 7.37. The molecule has 1 unspecified atom stereocenters. The zero-order valence-electron chi connectivity index (χ0n) is 13.3. The maximum Gasteiger partial charge on any atom is 0.249 e. The summed E-state index contributed by atoms with van der Waals surface area (Å²) in [7, 11) is 2.96. The fourth-order valence-corrected chi connectivity index (χ4v) is 2.56. The summed E-state index contributed by atoms with van der Waals surface area (Å²) in [5, 5.41) is 5.71. The van der Waals surface area contributed by atoms with Crippen LogP contribution in [0.4, 0.5) is 0 Å². The molecule has 0 radical (unpaired) electrons. The molecule has 22 heavy (non-hydrogen) atoms. The van der Waals surface area contributed by atoms with E-state index in [-0.39, 0.29) is 36.1 Å². The first-order valence-electron chi connectivity index (χ1n) is 7.37. The van der Waals surface area contributed by atoms with Gasteiger partial charge in [-0.1, -0.05) is 0 Å². The predicted molar refractivity (Wildman–Crippen MR) is 76.3 cm³/mol. The molecular weight excluding hydrogens is 292 g/mol.